The Bertz CT molecular complexity index is 668. The summed E-state index contributed by atoms with van der Waals surface area (Å²) in [6.45, 7) is 0. The largest absolute Gasteiger partial charge is 0.454 e. The topological polar surface area (TPSA) is 56.8 Å². The van der Waals surface area contributed by atoms with Gasteiger partial charge in [-0.1, -0.05) is 18.2 Å². The summed E-state index contributed by atoms with van der Waals surface area (Å²) in [7, 11) is 0. The fourth-order valence-electron chi connectivity index (χ4n) is 1.46. The first-order valence-corrected chi connectivity index (χ1v) is 5.12. The molecule has 2 rings (SSSR count). The van der Waals surface area contributed by atoms with Gasteiger partial charge in [-0.2, -0.15) is 10.5 Å². The molecule has 18 heavy (non-hydrogen) atoms. The van der Waals surface area contributed by atoms with Crippen molar-refractivity contribution in [3.8, 4) is 23.6 Å². The lowest BCUT2D eigenvalue weighted by molar-refractivity contribution is 0.473. The van der Waals surface area contributed by atoms with E-state index >= 15 is 0 Å². The number of para-hydroxylation sites is 1. The molecule has 4 heteroatoms. The Kier molecular flexibility index (Phi) is 3.22. The summed E-state index contributed by atoms with van der Waals surface area (Å²) >= 11 is 0. The molecular weight excluding hydrogens is 231 g/mol. The van der Waals surface area contributed by atoms with Crippen molar-refractivity contribution in [2.45, 2.75) is 0 Å². The SMILES string of the molecule is N#Cc1ccccc1Oc1cccc(F)c1C#N. The second-order valence-corrected chi connectivity index (χ2v) is 3.43. The summed E-state index contributed by atoms with van der Waals surface area (Å²) in [4.78, 5) is 0. The average molecular weight is 238 g/mol. The minimum absolute atomic E-state index is 0.0974. The molecule has 0 spiro atoms. The van der Waals surface area contributed by atoms with Crippen LogP contribution >= 0.6 is 0 Å². The van der Waals surface area contributed by atoms with Gasteiger partial charge < -0.3 is 4.74 Å². The number of ether oxygens (including phenoxy) is 1. The molecule has 0 saturated heterocycles. The zero-order valence-corrected chi connectivity index (χ0v) is 9.22. The van der Waals surface area contributed by atoms with E-state index < -0.39 is 5.82 Å². The third-order valence-electron chi connectivity index (χ3n) is 2.31. The summed E-state index contributed by atoms with van der Waals surface area (Å²) in [5, 5.41) is 17.8. The van der Waals surface area contributed by atoms with Crippen molar-refractivity contribution >= 4 is 0 Å². The molecule has 0 radical (unpaired) electrons. The van der Waals surface area contributed by atoms with Gasteiger partial charge >= 0.3 is 0 Å². The first kappa shape index (κ1) is 11.6. The molecule has 2 aromatic rings. The fraction of sp³-hybridized carbons (Fsp3) is 0. The van der Waals surface area contributed by atoms with E-state index in [1.54, 1.807) is 30.3 Å². The Morgan fingerprint density at radius 2 is 1.61 bits per heavy atom. The average Bonchev–Trinajstić information content (AvgIpc) is 2.40. The normalized spacial score (nSPS) is 9.28. The van der Waals surface area contributed by atoms with Crippen LogP contribution in [0.3, 0.4) is 0 Å². The summed E-state index contributed by atoms with van der Waals surface area (Å²) in [5.41, 5.74) is 0.149. The highest BCUT2D eigenvalue weighted by molar-refractivity contribution is 5.49. The Hall–Kier alpha value is -2.85. The molecule has 0 fully saturated rings. The molecule has 0 bridgehead atoms. The van der Waals surface area contributed by atoms with Crippen molar-refractivity contribution in [3.05, 3.63) is 59.4 Å². The van der Waals surface area contributed by atoms with Crippen molar-refractivity contribution < 1.29 is 9.13 Å². The van der Waals surface area contributed by atoms with Crippen LogP contribution in [-0.4, -0.2) is 0 Å². The maximum Gasteiger partial charge on any atom is 0.148 e. The zero-order chi connectivity index (χ0) is 13.0. The Balaban J connectivity index is 2.45. The van der Waals surface area contributed by atoms with Crippen molar-refractivity contribution in [1.82, 2.24) is 0 Å². The van der Waals surface area contributed by atoms with Crippen LogP contribution in [0.4, 0.5) is 4.39 Å². The number of halogens is 1. The molecule has 0 aliphatic heterocycles. The fourth-order valence-corrected chi connectivity index (χ4v) is 1.46. The lowest BCUT2D eigenvalue weighted by atomic mass is 10.2. The zero-order valence-electron chi connectivity index (χ0n) is 9.22. The number of nitriles is 2. The Morgan fingerprint density at radius 3 is 2.33 bits per heavy atom. The van der Waals surface area contributed by atoms with E-state index in [-0.39, 0.29) is 11.3 Å². The Morgan fingerprint density at radius 1 is 0.889 bits per heavy atom. The smallest absolute Gasteiger partial charge is 0.148 e. The molecule has 86 valence electrons. The minimum atomic E-state index is -0.649. The molecule has 0 N–H and O–H groups in total. The lowest BCUT2D eigenvalue weighted by Crippen LogP contribution is -1.93. The molecule has 0 unspecified atom stereocenters. The maximum atomic E-state index is 13.4. The van der Waals surface area contributed by atoms with Gasteiger partial charge in [-0.3, -0.25) is 0 Å². The summed E-state index contributed by atoms with van der Waals surface area (Å²) in [6, 6.07) is 14.4. The van der Waals surface area contributed by atoms with Gasteiger partial charge in [0.05, 0.1) is 5.56 Å². The van der Waals surface area contributed by atoms with Gasteiger partial charge in [0.15, 0.2) is 0 Å². The van der Waals surface area contributed by atoms with Crippen LogP contribution in [0.25, 0.3) is 0 Å². The van der Waals surface area contributed by atoms with Crippen molar-refractivity contribution in [2.75, 3.05) is 0 Å². The van der Waals surface area contributed by atoms with Crippen LogP contribution in [-0.2, 0) is 0 Å². The van der Waals surface area contributed by atoms with Crippen LogP contribution in [0.2, 0.25) is 0 Å². The quantitative estimate of drug-likeness (QED) is 0.805. The summed E-state index contributed by atoms with van der Waals surface area (Å²) in [6.07, 6.45) is 0. The van der Waals surface area contributed by atoms with E-state index in [2.05, 4.69) is 0 Å². The first-order chi connectivity index (χ1) is 8.76. The molecule has 0 aromatic heterocycles. The van der Waals surface area contributed by atoms with Gasteiger partial charge in [-0.05, 0) is 24.3 Å². The van der Waals surface area contributed by atoms with Crippen molar-refractivity contribution in [2.24, 2.45) is 0 Å². The van der Waals surface area contributed by atoms with E-state index in [0.29, 0.717) is 11.3 Å². The molecule has 0 heterocycles. The summed E-state index contributed by atoms with van der Waals surface area (Å²) in [5.74, 6) is -0.258. The van der Waals surface area contributed by atoms with Gasteiger partial charge in [-0.15, -0.1) is 0 Å². The number of nitrogens with zero attached hydrogens (tertiary/aromatic N) is 2. The summed E-state index contributed by atoms with van der Waals surface area (Å²) < 4.78 is 18.8. The third-order valence-corrected chi connectivity index (χ3v) is 2.31. The van der Waals surface area contributed by atoms with Crippen LogP contribution in [0.15, 0.2) is 42.5 Å². The molecule has 0 atom stereocenters. The number of hydrogen-bond acceptors (Lipinski definition) is 3. The lowest BCUT2D eigenvalue weighted by Gasteiger charge is -2.08. The third kappa shape index (κ3) is 2.14. The van der Waals surface area contributed by atoms with Crippen LogP contribution in [0.1, 0.15) is 11.1 Å². The van der Waals surface area contributed by atoms with Crippen molar-refractivity contribution in [1.29, 1.82) is 10.5 Å². The number of rotatable bonds is 2. The monoisotopic (exact) mass is 238 g/mol. The highest BCUT2D eigenvalue weighted by atomic mass is 19.1. The Labute approximate surface area is 103 Å². The van der Waals surface area contributed by atoms with Gasteiger partial charge in [0.1, 0.15) is 35.0 Å². The molecule has 0 aliphatic carbocycles. The van der Waals surface area contributed by atoms with E-state index in [1.165, 1.54) is 18.2 Å². The van der Waals surface area contributed by atoms with E-state index in [1.807, 2.05) is 6.07 Å². The molecule has 0 saturated carbocycles. The molecular formula is C14H7FN2O. The predicted octanol–water partition coefficient (Wildman–Crippen LogP) is 3.36. The van der Waals surface area contributed by atoms with E-state index in [4.69, 9.17) is 15.3 Å². The predicted molar refractivity (Wildman–Crippen MR) is 62.3 cm³/mol. The second-order valence-electron chi connectivity index (χ2n) is 3.43. The van der Waals surface area contributed by atoms with Crippen molar-refractivity contribution in [3.63, 3.8) is 0 Å². The first-order valence-electron chi connectivity index (χ1n) is 5.12. The molecule has 0 aliphatic rings. The number of benzene rings is 2. The van der Waals surface area contributed by atoms with Crippen LogP contribution < -0.4 is 4.74 Å². The van der Waals surface area contributed by atoms with E-state index in [9.17, 15) is 4.39 Å². The van der Waals surface area contributed by atoms with Gasteiger partial charge in [0.25, 0.3) is 0 Å². The van der Waals surface area contributed by atoms with E-state index in [0.717, 1.165) is 0 Å². The highest BCUT2D eigenvalue weighted by Gasteiger charge is 2.11. The molecule has 2 aromatic carbocycles. The highest BCUT2D eigenvalue weighted by Crippen LogP contribution is 2.28. The maximum absolute atomic E-state index is 13.4. The molecule has 3 nitrogen and oxygen atoms in total. The molecule has 0 amide bonds. The van der Waals surface area contributed by atoms with Gasteiger partial charge in [0.2, 0.25) is 0 Å². The van der Waals surface area contributed by atoms with Crippen LogP contribution in [0.5, 0.6) is 11.5 Å². The van der Waals surface area contributed by atoms with Gasteiger partial charge in [0, 0.05) is 0 Å². The standard InChI is InChI=1S/C14H7FN2O/c15-12-5-3-7-14(11(12)9-17)18-13-6-2-1-4-10(13)8-16/h1-7H. The number of hydrogen-bond donors (Lipinski definition) is 0. The van der Waals surface area contributed by atoms with Crippen LogP contribution in [0, 0.1) is 28.5 Å². The minimum Gasteiger partial charge on any atom is -0.454 e. The second kappa shape index (κ2) is 4.99. The van der Waals surface area contributed by atoms with Gasteiger partial charge in [-0.25, -0.2) is 4.39 Å².